The summed E-state index contributed by atoms with van der Waals surface area (Å²) >= 11 is 0. The van der Waals surface area contributed by atoms with Gasteiger partial charge in [-0.15, -0.1) is 0 Å². The fourth-order valence-electron chi connectivity index (χ4n) is 2.25. The minimum Gasteiger partial charge on any atom is -0.508 e. The molecular formula is C20H14O6. The van der Waals surface area contributed by atoms with Gasteiger partial charge in [-0.1, -0.05) is 0 Å². The third-order valence-electron chi connectivity index (χ3n) is 3.53. The molecule has 3 rings (SSSR count). The number of phenolic OH excluding ortho intramolecular Hbond substituents is 2. The third kappa shape index (κ3) is 3.81. The van der Waals surface area contributed by atoms with Crippen molar-refractivity contribution in [2.45, 2.75) is 0 Å². The van der Waals surface area contributed by atoms with Crippen molar-refractivity contribution in [3.63, 3.8) is 0 Å². The molecule has 0 saturated heterocycles. The smallest absolute Gasteiger partial charge is 0.153 e. The first-order valence-electron chi connectivity index (χ1n) is 7.61. The molecule has 26 heavy (non-hydrogen) atoms. The van der Waals surface area contributed by atoms with Gasteiger partial charge in [-0.05, 0) is 60.7 Å². The number of phenols is 2. The molecule has 3 aromatic carbocycles. The normalized spacial score (nSPS) is 10.2. The highest BCUT2D eigenvalue weighted by molar-refractivity contribution is 5.80. The largest absolute Gasteiger partial charge is 0.508 e. The molecule has 0 saturated carbocycles. The molecule has 3 aromatic rings. The molecule has 0 amide bonds. The summed E-state index contributed by atoms with van der Waals surface area (Å²) in [6.45, 7) is 0. The molecule has 2 N–H and O–H groups in total. The van der Waals surface area contributed by atoms with E-state index in [1.807, 2.05) is 0 Å². The van der Waals surface area contributed by atoms with Gasteiger partial charge in [0.25, 0.3) is 0 Å². The third-order valence-corrected chi connectivity index (χ3v) is 3.53. The fourth-order valence-corrected chi connectivity index (χ4v) is 2.25. The first kappa shape index (κ1) is 17.0. The van der Waals surface area contributed by atoms with E-state index in [0.717, 1.165) is 0 Å². The lowest BCUT2D eigenvalue weighted by molar-refractivity contribution is 0.111. The fraction of sp³-hybridized carbons (Fsp3) is 0. The van der Waals surface area contributed by atoms with Gasteiger partial charge in [0.05, 0.1) is 11.1 Å². The number of ether oxygens (including phenoxy) is 2. The van der Waals surface area contributed by atoms with Crippen LogP contribution in [0.15, 0.2) is 60.7 Å². The van der Waals surface area contributed by atoms with Crippen LogP contribution in [0.5, 0.6) is 34.5 Å². The quantitative estimate of drug-likeness (QED) is 0.644. The Morgan fingerprint density at radius 1 is 0.654 bits per heavy atom. The molecule has 0 radical (unpaired) electrons. The number of carbonyl (C=O) groups excluding carboxylic acids is 2. The molecule has 0 heterocycles. The maximum Gasteiger partial charge on any atom is 0.153 e. The Bertz CT molecular complexity index is 947. The Kier molecular flexibility index (Phi) is 4.85. The summed E-state index contributed by atoms with van der Waals surface area (Å²) in [6, 6.07) is 15.2. The number of rotatable bonds is 6. The van der Waals surface area contributed by atoms with E-state index in [-0.39, 0.29) is 22.6 Å². The van der Waals surface area contributed by atoms with Crippen molar-refractivity contribution in [1.82, 2.24) is 0 Å². The van der Waals surface area contributed by atoms with Gasteiger partial charge < -0.3 is 19.7 Å². The molecule has 0 aliphatic rings. The number of aldehydes is 2. The van der Waals surface area contributed by atoms with E-state index in [9.17, 15) is 19.8 Å². The van der Waals surface area contributed by atoms with Crippen LogP contribution in [0.1, 0.15) is 20.7 Å². The maximum absolute atomic E-state index is 11.0. The second-order valence-corrected chi connectivity index (χ2v) is 5.35. The van der Waals surface area contributed by atoms with Crippen molar-refractivity contribution in [2.75, 3.05) is 0 Å². The molecule has 6 nitrogen and oxygen atoms in total. The minimum absolute atomic E-state index is 0.0215. The van der Waals surface area contributed by atoms with E-state index in [1.165, 1.54) is 30.3 Å². The molecule has 0 fully saturated rings. The first-order chi connectivity index (χ1) is 12.6. The van der Waals surface area contributed by atoms with Crippen LogP contribution in [0.2, 0.25) is 0 Å². The summed E-state index contributed by atoms with van der Waals surface area (Å²) in [5.41, 5.74) is 0.368. The molecular weight excluding hydrogens is 336 g/mol. The number of benzene rings is 3. The van der Waals surface area contributed by atoms with Gasteiger partial charge in [0, 0.05) is 0 Å². The molecule has 0 bridgehead atoms. The molecule has 0 spiro atoms. The highest BCUT2D eigenvalue weighted by Crippen LogP contribution is 2.30. The van der Waals surface area contributed by atoms with E-state index in [4.69, 9.17) is 9.47 Å². The number of hydrogen-bond donors (Lipinski definition) is 2. The number of hydrogen-bond acceptors (Lipinski definition) is 6. The summed E-state index contributed by atoms with van der Waals surface area (Å²) in [6.07, 6.45) is 1.14. The molecule has 0 aliphatic carbocycles. The zero-order valence-electron chi connectivity index (χ0n) is 13.5. The highest BCUT2D eigenvalue weighted by Gasteiger charge is 2.07. The lowest BCUT2D eigenvalue weighted by Crippen LogP contribution is -1.91. The van der Waals surface area contributed by atoms with E-state index in [0.29, 0.717) is 35.6 Å². The summed E-state index contributed by atoms with van der Waals surface area (Å²) in [4.78, 5) is 21.9. The van der Waals surface area contributed by atoms with Crippen LogP contribution in [0.25, 0.3) is 0 Å². The van der Waals surface area contributed by atoms with Gasteiger partial charge in [0.15, 0.2) is 12.6 Å². The summed E-state index contributed by atoms with van der Waals surface area (Å²) < 4.78 is 11.3. The summed E-state index contributed by atoms with van der Waals surface area (Å²) in [7, 11) is 0. The molecule has 0 atom stereocenters. The van der Waals surface area contributed by atoms with E-state index in [1.54, 1.807) is 30.3 Å². The van der Waals surface area contributed by atoms with Crippen molar-refractivity contribution in [3.05, 3.63) is 71.8 Å². The topological polar surface area (TPSA) is 93.1 Å². The second kappa shape index (κ2) is 7.40. The highest BCUT2D eigenvalue weighted by atomic mass is 16.5. The van der Waals surface area contributed by atoms with E-state index in [2.05, 4.69) is 0 Å². The molecule has 0 unspecified atom stereocenters. The average Bonchev–Trinajstić information content (AvgIpc) is 2.66. The van der Waals surface area contributed by atoms with E-state index >= 15 is 0 Å². The number of carbonyl (C=O) groups is 2. The predicted molar refractivity (Wildman–Crippen MR) is 93.6 cm³/mol. The zero-order valence-corrected chi connectivity index (χ0v) is 13.5. The Hall–Kier alpha value is -3.80. The SMILES string of the molecule is O=Cc1cc(Oc2ccc(Oc3ccc(O)cc3C=O)cc2)ccc1O. The maximum atomic E-state index is 11.0. The second-order valence-electron chi connectivity index (χ2n) is 5.35. The molecule has 0 aliphatic heterocycles. The van der Waals surface area contributed by atoms with Crippen molar-refractivity contribution in [3.8, 4) is 34.5 Å². The van der Waals surface area contributed by atoms with Gasteiger partial charge in [-0.3, -0.25) is 9.59 Å². The van der Waals surface area contributed by atoms with Crippen molar-refractivity contribution in [1.29, 1.82) is 0 Å². The van der Waals surface area contributed by atoms with E-state index < -0.39 is 0 Å². The van der Waals surface area contributed by atoms with Crippen molar-refractivity contribution < 1.29 is 29.3 Å². The van der Waals surface area contributed by atoms with Gasteiger partial charge in [-0.2, -0.15) is 0 Å². The Morgan fingerprint density at radius 2 is 1.27 bits per heavy atom. The number of aromatic hydroxyl groups is 2. The summed E-state index contributed by atoms with van der Waals surface area (Å²) in [5.74, 6) is 1.57. The Balaban J connectivity index is 1.75. The van der Waals surface area contributed by atoms with Gasteiger partial charge in [0.2, 0.25) is 0 Å². The minimum atomic E-state index is -0.115. The average molecular weight is 350 g/mol. The van der Waals surface area contributed by atoms with Crippen molar-refractivity contribution >= 4 is 12.6 Å². The van der Waals surface area contributed by atoms with Crippen molar-refractivity contribution in [2.24, 2.45) is 0 Å². The first-order valence-corrected chi connectivity index (χ1v) is 7.61. The molecule has 6 heteroatoms. The van der Waals surface area contributed by atoms with Crippen LogP contribution in [0.4, 0.5) is 0 Å². The predicted octanol–water partition coefficient (Wildman–Crippen LogP) is 4.31. The Labute approximate surface area is 148 Å². The monoisotopic (exact) mass is 350 g/mol. The van der Waals surface area contributed by atoms with Crippen LogP contribution >= 0.6 is 0 Å². The molecule has 0 aromatic heterocycles. The van der Waals surface area contributed by atoms with Gasteiger partial charge >= 0.3 is 0 Å². The Morgan fingerprint density at radius 3 is 1.92 bits per heavy atom. The lowest BCUT2D eigenvalue weighted by Gasteiger charge is -2.10. The molecule has 130 valence electrons. The zero-order chi connectivity index (χ0) is 18.5. The van der Waals surface area contributed by atoms with Crippen LogP contribution in [0.3, 0.4) is 0 Å². The van der Waals surface area contributed by atoms with Crippen LogP contribution < -0.4 is 9.47 Å². The van der Waals surface area contributed by atoms with Gasteiger partial charge in [-0.25, -0.2) is 0 Å². The van der Waals surface area contributed by atoms with Gasteiger partial charge in [0.1, 0.15) is 34.5 Å². The standard InChI is InChI=1S/C20H14O6/c21-11-13-10-18(6-7-19(13)24)25-16-2-4-17(5-3-16)26-20-8-1-15(23)9-14(20)12-22/h1-12,23-24H. The van der Waals surface area contributed by atoms with Crippen LogP contribution in [0, 0.1) is 0 Å². The van der Waals surface area contributed by atoms with Crippen LogP contribution in [-0.4, -0.2) is 22.8 Å². The van der Waals surface area contributed by atoms with Crippen LogP contribution in [-0.2, 0) is 0 Å². The summed E-state index contributed by atoms with van der Waals surface area (Å²) in [5, 5.41) is 18.9. The lowest BCUT2D eigenvalue weighted by atomic mass is 10.2.